The highest BCUT2D eigenvalue weighted by Gasteiger charge is 2.60. The molecular weight excluding hydrogens is 214 g/mol. The van der Waals surface area contributed by atoms with Gasteiger partial charge in [-0.25, -0.2) is 0 Å². The van der Waals surface area contributed by atoms with E-state index < -0.39 is 5.54 Å². The van der Waals surface area contributed by atoms with Crippen LogP contribution >= 0.6 is 0 Å². The highest BCUT2D eigenvalue weighted by Crippen LogP contribution is 2.48. The maximum Gasteiger partial charge on any atom is 0.223 e. The topological polar surface area (TPSA) is 46.2 Å². The Bertz CT molecular complexity index is 309. The number of carbonyl (C=O) groups excluding carboxylic acids is 2. The first-order chi connectivity index (χ1) is 7.85. The standard InChI is InChI=1S/C14H25NO2/c1-6-7-11-8-14(11,12(16)9(2)3)15-13(17)10(4)5/h9-11H,6-8H2,1-5H3,(H,15,17)/t11-,14?/m0/s1. The average molecular weight is 239 g/mol. The summed E-state index contributed by atoms with van der Waals surface area (Å²) in [4.78, 5) is 24.1. The molecule has 0 spiro atoms. The zero-order valence-electron chi connectivity index (χ0n) is 11.7. The smallest absolute Gasteiger partial charge is 0.223 e. The molecule has 0 aromatic rings. The zero-order valence-corrected chi connectivity index (χ0v) is 11.7. The third-order valence-corrected chi connectivity index (χ3v) is 3.58. The number of nitrogens with one attached hydrogen (secondary N) is 1. The second kappa shape index (κ2) is 5.19. The third-order valence-electron chi connectivity index (χ3n) is 3.58. The molecule has 0 radical (unpaired) electrons. The summed E-state index contributed by atoms with van der Waals surface area (Å²) in [7, 11) is 0. The average Bonchev–Trinajstić information content (AvgIpc) is 2.91. The van der Waals surface area contributed by atoms with Crippen molar-refractivity contribution in [3.63, 3.8) is 0 Å². The first-order valence-electron chi connectivity index (χ1n) is 6.71. The molecule has 17 heavy (non-hydrogen) atoms. The Morgan fingerprint density at radius 1 is 1.24 bits per heavy atom. The summed E-state index contributed by atoms with van der Waals surface area (Å²) in [6.07, 6.45) is 2.92. The van der Waals surface area contributed by atoms with Crippen LogP contribution in [0.3, 0.4) is 0 Å². The van der Waals surface area contributed by atoms with E-state index in [9.17, 15) is 9.59 Å². The second-order valence-corrected chi connectivity index (χ2v) is 5.82. The summed E-state index contributed by atoms with van der Waals surface area (Å²) in [5.74, 6) is 0.478. The van der Waals surface area contributed by atoms with Crippen LogP contribution in [0.5, 0.6) is 0 Å². The van der Waals surface area contributed by atoms with Crippen LogP contribution in [0.15, 0.2) is 0 Å². The van der Waals surface area contributed by atoms with E-state index in [1.807, 2.05) is 27.7 Å². The summed E-state index contributed by atoms with van der Waals surface area (Å²) in [5.41, 5.74) is -0.536. The number of hydrogen-bond acceptors (Lipinski definition) is 2. The van der Waals surface area contributed by atoms with Crippen LogP contribution in [0, 0.1) is 17.8 Å². The van der Waals surface area contributed by atoms with Crippen molar-refractivity contribution in [1.82, 2.24) is 5.32 Å². The van der Waals surface area contributed by atoms with Gasteiger partial charge < -0.3 is 5.32 Å². The Hall–Kier alpha value is -0.860. The summed E-state index contributed by atoms with van der Waals surface area (Å²) < 4.78 is 0. The van der Waals surface area contributed by atoms with Crippen LogP contribution in [0.25, 0.3) is 0 Å². The minimum absolute atomic E-state index is 0.00222. The van der Waals surface area contributed by atoms with Gasteiger partial charge in [-0.1, -0.05) is 41.0 Å². The van der Waals surface area contributed by atoms with Gasteiger partial charge in [0.1, 0.15) is 5.54 Å². The van der Waals surface area contributed by atoms with Crippen LogP contribution < -0.4 is 5.32 Å². The molecule has 1 amide bonds. The molecule has 2 atom stereocenters. The third kappa shape index (κ3) is 2.88. The highest BCUT2D eigenvalue weighted by molar-refractivity contribution is 5.97. The van der Waals surface area contributed by atoms with E-state index in [1.54, 1.807) is 0 Å². The Kier molecular flexibility index (Phi) is 4.34. The molecule has 0 heterocycles. The van der Waals surface area contributed by atoms with Crippen molar-refractivity contribution in [3.8, 4) is 0 Å². The van der Waals surface area contributed by atoms with E-state index in [-0.39, 0.29) is 23.5 Å². The van der Waals surface area contributed by atoms with Gasteiger partial charge >= 0.3 is 0 Å². The van der Waals surface area contributed by atoms with Crippen molar-refractivity contribution in [2.24, 2.45) is 17.8 Å². The van der Waals surface area contributed by atoms with Crippen LogP contribution in [-0.4, -0.2) is 17.2 Å². The maximum atomic E-state index is 12.3. The minimum Gasteiger partial charge on any atom is -0.343 e. The number of amides is 1. The Morgan fingerprint density at radius 2 is 1.82 bits per heavy atom. The lowest BCUT2D eigenvalue weighted by molar-refractivity contribution is -0.132. The molecule has 1 rings (SSSR count). The number of ketones is 1. The fourth-order valence-corrected chi connectivity index (χ4v) is 2.42. The van der Waals surface area contributed by atoms with E-state index in [4.69, 9.17) is 0 Å². The van der Waals surface area contributed by atoms with Crippen LogP contribution in [0.1, 0.15) is 53.9 Å². The van der Waals surface area contributed by atoms with E-state index in [0.29, 0.717) is 5.92 Å². The van der Waals surface area contributed by atoms with Gasteiger partial charge in [0.15, 0.2) is 5.78 Å². The van der Waals surface area contributed by atoms with Crippen molar-refractivity contribution >= 4 is 11.7 Å². The molecular formula is C14H25NO2. The summed E-state index contributed by atoms with van der Waals surface area (Å²) in [6.45, 7) is 9.66. The molecule has 3 heteroatoms. The van der Waals surface area contributed by atoms with E-state index >= 15 is 0 Å². The second-order valence-electron chi connectivity index (χ2n) is 5.82. The quantitative estimate of drug-likeness (QED) is 0.774. The molecule has 3 nitrogen and oxygen atoms in total. The summed E-state index contributed by atoms with van der Waals surface area (Å²) in [5, 5.41) is 2.99. The number of carbonyl (C=O) groups is 2. The van der Waals surface area contributed by atoms with Crippen molar-refractivity contribution in [2.45, 2.75) is 59.4 Å². The molecule has 1 unspecified atom stereocenters. The summed E-state index contributed by atoms with van der Waals surface area (Å²) in [6, 6.07) is 0. The van der Waals surface area contributed by atoms with Gasteiger partial charge in [-0.2, -0.15) is 0 Å². The zero-order chi connectivity index (χ0) is 13.2. The van der Waals surface area contributed by atoms with Crippen LogP contribution in [0.2, 0.25) is 0 Å². The Balaban J connectivity index is 2.77. The normalized spacial score (nSPS) is 27.4. The van der Waals surface area contributed by atoms with Crippen LogP contribution in [0.4, 0.5) is 0 Å². The number of hydrogen-bond donors (Lipinski definition) is 1. The van der Waals surface area contributed by atoms with Gasteiger partial charge in [-0.15, -0.1) is 0 Å². The fraction of sp³-hybridized carbons (Fsp3) is 0.857. The molecule has 0 aliphatic heterocycles. The van der Waals surface area contributed by atoms with Gasteiger partial charge in [0, 0.05) is 11.8 Å². The maximum absolute atomic E-state index is 12.3. The predicted octanol–water partition coefficient (Wildman–Crippen LogP) is 2.54. The highest BCUT2D eigenvalue weighted by atomic mass is 16.2. The van der Waals surface area contributed by atoms with Gasteiger partial charge in [0.05, 0.1) is 0 Å². The predicted molar refractivity (Wildman–Crippen MR) is 68.6 cm³/mol. The van der Waals surface area contributed by atoms with Crippen molar-refractivity contribution in [1.29, 1.82) is 0 Å². The Labute approximate surface area is 104 Å². The van der Waals surface area contributed by atoms with Crippen molar-refractivity contribution in [2.75, 3.05) is 0 Å². The minimum atomic E-state index is -0.536. The molecule has 1 aliphatic carbocycles. The molecule has 0 saturated heterocycles. The van der Waals surface area contributed by atoms with Gasteiger partial charge in [0.2, 0.25) is 5.91 Å². The van der Waals surface area contributed by atoms with Gasteiger partial charge in [-0.05, 0) is 18.8 Å². The van der Waals surface area contributed by atoms with Gasteiger partial charge in [0.25, 0.3) is 0 Å². The monoisotopic (exact) mass is 239 g/mol. The molecule has 98 valence electrons. The first kappa shape index (κ1) is 14.2. The molecule has 1 saturated carbocycles. The molecule has 1 aliphatic rings. The Morgan fingerprint density at radius 3 is 2.24 bits per heavy atom. The SMILES string of the molecule is CCC[C@H]1CC1(NC(=O)C(C)C)C(=O)C(C)C. The van der Waals surface area contributed by atoms with Crippen LogP contribution in [-0.2, 0) is 9.59 Å². The van der Waals surface area contributed by atoms with Gasteiger partial charge in [-0.3, -0.25) is 9.59 Å². The van der Waals surface area contributed by atoms with E-state index in [1.165, 1.54) is 0 Å². The molecule has 0 bridgehead atoms. The van der Waals surface area contributed by atoms with Crippen molar-refractivity contribution < 1.29 is 9.59 Å². The molecule has 1 fully saturated rings. The molecule has 0 aromatic carbocycles. The van der Waals surface area contributed by atoms with E-state index in [0.717, 1.165) is 19.3 Å². The molecule has 0 aromatic heterocycles. The summed E-state index contributed by atoms with van der Waals surface area (Å²) >= 11 is 0. The van der Waals surface area contributed by atoms with Crippen molar-refractivity contribution in [3.05, 3.63) is 0 Å². The first-order valence-corrected chi connectivity index (χ1v) is 6.71. The van der Waals surface area contributed by atoms with E-state index in [2.05, 4.69) is 12.2 Å². The number of rotatable bonds is 6. The lowest BCUT2D eigenvalue weighted by Gasteiger charge is -2.21. The number of Topliss-reactive ketones (excluding diaryl/α,β-unsaturated/α-hetero) is 1. The molecule has 1 N–H and O–H groups in total. The largest absolute Gasteiger partial charge is 0.343 e. The lowest BCUT2D eigenvalue weighted by atomic mass is 9.95. The lowest BCUT2D eigenvalue weighted by Crippen LogP contribution is -2.48. The fourth-order valence-electron chi connectivity index (χ4n) is 2.42.